The Kier molecular flexibility index (Phi) is 14.0. The van der Waals surface area contributed by atoms with E-state index < -0.39 is 16.1 Å². The Morgan fingerprint density at radius 2 is 0.704 bits per heavy atom. The second kappa shape index (κ2) is 11.7. The maximum atomic E-state index is 2.45. The summed E-state index contributed by atoms with van der Waals surface area (Å²) in [5.41, 5.74) is 0. The molecule has 5 heteroatoms. The van der Waals surface area contributed by atoms with Crippen LogP contribution in [0.4, 0.5) is 0 Å². The van der Waals surface area contributed by atoms with Crippen LogP contribution in [-0.4, -0.2) is 16.1 Å². The van der Waals surface area contributed by atoms with Crippen LogP contribution in [-0.2, 0) is 26.2 Å². The van der Waals surface area contributed by atoms with Gasteiger partial charge in [0.2, 0.25) is 0 Å². The minimum Gasteiger partial charge on any atom is -1.00 e. The molecule has 0 saturated carbocycles. The van der Waals surface area contributed by atoms with Crippen molar-refractivity contribution in [3.05, 3.63) is 48.5 Å². The van der Waals surface area contributed by atoms with E-state index in [1.54, 1.807) is 10.4 Å². The zero-order valence-electron chi connectivity index (χ0n) is 18.9. The molecule has 0 aliphatic carbocycles. The van der Waals surface area contributed by atoms with Crippen LogP contribution in [0.15, 0.2) is 48.5 Å². The van der Waals surface area contributed by atoms with E-state index in [-0.39, 0.29) is 51.0 Å². The summed E-state index contributed by atoms with van der Waals surface area (Å²) in [6.07, 6.45) is 0. The molecule has 2 rings (SSSR count). The molecule has 0 N–H and O–H groups in total. The van der Waals surface area contributed by atoms with Gasteiger partial charge in [-0.05, 0) is 10.1 Å². The summed E-state index contributed by atoms with van der Waals surface area (Å²) in [6.45, 7) is 23.9. The van der Waals surface area contributed by atoms with Gasteiger partial charge in [0.05, 0.1) is 0 Å². The molecule has 0 fully saturated rings. The summed E-state index contributed by atoms with van der Waals surface area (Å²) in [4.78, 5) is 0. The minimum absolute atomic E-state index is 0. The molecule has 0 aromatic heterocycles. The quantitative estimate of drug-likeness (QED) is 0.393. The van der Waals surface area contributed by atoms with Crippen LogP contribution in [0, 0.1) is 0 Å². The third kappa shape index (κ3) is 8.09. The zero-order chi connectivity index (χ0) is 18.8. The molecule has 27 heavy (non-hydrogen) atoms. The molecule has 0 aliphatic rings. The van der Waals surface area contributed by atoms with Crippen LogP contribution in [0.1, 0.15) is 41.5 Å². The van der Waals surface area contributed by atoms with Gasteiger partial charge in [-0.15, -0.1) is 0 Å². The van der Waals surface area contributed by atoms with Gasteiger partial charge < -0.3 is 24.8 Å². The van der Waals surface area contributed by atoms with E-state index in [0.717, 1.165) is 0 Å². The molecule has 0 spiro atoms. The van der Waals surface area contributed by atoms with Crippen LogP contribution >= 0.6 is 0 Å². The molecule has 2 aromatic carbocycles. The Balaban J connectivity index is -0.000000384. The van der Waals surface area contributed by atoms with Crippen molar-refractivity contribution < 1.29 is 51.0 Å². The smallest absolute Gasteiger partial charge is 1.00 e. The molecule has 0 radical (unpaired) electrons. The van der Waals surface area contributed by atoms with Crippen molar-refractivity contribution in [2.75, 3.05) is 0 Å². The molecule has 2 aromatic rings. The van der Waals surface area contributed by atoms with E-state index >= 15 is 0 Å². The number of hydrogen-bond donors (Lipinski definition) is 0. The van der Waals surface area contributed by atoms with Gasteiger partial charge in [0.15, 0.2) is 0 Å². The first kappa shape index (κ1) is 32.3. The Morgan fingerprint density at radius 1 is 0.519 bits per heavy atom. The third-order valence-electron chi connectivity index (χ3n) is 6.52. The predicted molar refractivity (Wildman–Crippen MR) is 118 cm³/mol. The SMILES string of the molecule is CC(C)(C)[Si](C)(C)[c-]1cccc1.CC(C)(C)[Si](C)(C)[c-]1cccc1.[Cl-].[Cl-].[Zr+4]. The summed E-state index contributed by atoms with van der Waals surface area (Å²) in [6, 6.07) is 17.7. The third-order valence-corrected chi connectivity index (χ3v) is 17.6. The molecule has 152 valence electrons. The monoisotopic (exact) mass is 518 g/mol. The van der Waals surface area contributed by atoms with E-state index in [1.165, 1.54) is 0 Å². The van der Waals surface area contributed by atoms with E-state index in [4.69, 9.17) is 0 Å². The Hall–Kier alpha value is 0.597. The van der Waals surface area contributed by atoms with Crippen molar-refractivity contribution in [3.8, 4) is 0 Å². The molecule has 0 amide bonds. The second-order valence-electron chi connectivity index (χ2n) is 10.1. The topological polar surface area (TPSA) is 0 Å². The van der Waals surface area contributed by atoms with Crippen molar-refractivity contribution >= 4 is 26.5 Å². The Bertz CT molecular complexity index is 546. The van der Waals surface area contributed by atoms with E-state index in [2.05, 4.69) is 116 Å². The summed E-state index contributed by atoms with van der Waals surface area (Å²) in [5.74, 6) is 0. The molecule has 0 bridgehead atoms. The van der Waals surface area contributed by atoms with E-state index in [0.29, 0.717) is 10.1 Å². The van der Waals surface area contributed by atoms with Crippen LogP contribution in [0.5, 0.6) is 0 Å². The summed E-state index contributed by atoms with van der Waals surface area (Å²) >= 11 is 0. The van der Waals surface area contributed by atoms with Gasteiger partial charge in [-0.2, -0.15) is 34.6 Å². The summed E-state index contributed by atoms with van der Waals surface area (Å²) < 4.78 is 0. The van der Waals surface area contributed by atoms with Gasteiger partial charge in [0.1, 0.15) is 0 Å². The van der Waals surface area contributed by atoms with Crippen LogP contribution < -0.4 is 35.2 Å². The summed E-state index contributed by atoms with van der Waals surface area (Å²) in [5, 5.41) is 4.08. The molecule has 0 saturated heterocycles. The van der Waals surface area contributed by atoms with E-state index in [9.17, 15) is 0 Å². The fourth-order valence-electron chi connectivity index (χ4n) is 2.45. The molecular weight excluding hydrogens is 483 g/mol. The van der Waals surface area contributed by atoms with Gasteiger partial charge in [0.25, 0.3) is 0 Å². The number of halogens is 2. The van der Waals surface area contributed by atoms with Gasteiger partial charge in [0, 0.05) is 16.1 Å². The molecule has 0 aliphatic heterocycles. The first-order valence-electron chi connectivity index (χ1n) is 9.15. The van der Waals surface area contributed by atoms with Gasteiger partial charge >= 0.3 is 26.2 Å². The molecule has 0 heterocycles. The summed E-state index contributed by atoms with van der Waals surface area (Å²) in [7, 11) is -2.46. The standard InChI is InChI=1S/2C11H19Si.2ClH.Zr/c2*1-11(2,3)12(4,5)10-8-6-7-9-10;;;/h2*6-9H,1-5H3;2*1H;/q2*-1;;;+4/p-2. The van der Waals surface area contributed by atoms with Crippen molar-refractivity contribution in [1.29, 1.82) is 0 Å². The van der Waals surface area contributed by atoms with Gasteiger partial charge in [-0.25, -0.2) is 24.3 Å². The van der Waals surface area contributed by atoms with E-state index in [1.807, 2.05) is 0 Å². The first-order chi connectivity index (χ1) is 10.7. The molecule has 0 atom stereocenters. The average molecular weight is 521 g/mol. The van der Waals surface area contributed by atoms with Crippen molar-refractivity contribution in [2.24, 2.45) is 0 Å². The predicted octanol–water partition coefficient (Wildman–Crippen LogP) is 0.248. The fraction of sp³-hybridized carbons (Fsp3) is 0.545. The Labute approximate surface area is 202 Å². The normalized spacial score (nSPS) is 11.9. The molecule has 0 unspecified atom stereocenters. The van der Waals surface area contributed by atoms with Crippen LogP contribution in [0.3, 0.4) is 0 Å². The van der Waals surface area contributed by atoms with Crippen molar-refractivity contribution in [1.82, 2.24) is 0 Å². The maximum Gasteiger partial charge on any atom is 4.00 e. The largest absolute Gasteiger partial charge is 4.00 e. The fourth-order valence-corrected chi connectivity index (χ4v) is 6.23. The second-order valence-corrected chi connectivity index (χ2v) is 20.8. The molecule has 0 nitrogen and oxygen atoms in total. The van der Waals surface area contributed by atoms with Crippen molar-refractivity contribution in [3.63, 3.8) is 0 Å². The van der Waals surface area contributed by atoms with Gasteiger partial charge in [-0.3, -0.25) is 0 Å². The maximum absolute atomic E-state index is 2.45. The minimum atomic E-state index is -1.23. The Morgan fingerprint density at radius 3 is 0.852 bits per heavy atom. The van der Waals surface area contributed by atoms with Crippen molar-refractivity contribution in [2.45, 2.75) is 77.8 Å². The molecular formula is C22H38Cl2Si2Zr. The van der Waals surface area contributed by atoms with Gasteiger partial charge in [-0.1, -0.05) is 67.7 Å². The number of rotatable bonds is 2. The van der Waals surface area contributed by atoms with Crippen LogP contribution in [0.25, 0.3) is 0 Å². The number of hydrogen-bond acceptors (Lipinski definition) is 0. The van der Waals surface area contributed by atoms with Crippen LogP contribution in [0.2, 0.25) is 36.3 Å². The zero-order valence-corrected chi connectivity index (χ0v) is 24.8. The average Bonchev–Trinajstić information content (AvgIpc) is 3.11. The first-order valence-corrected chi connectivity index (χ1v) is 15.2.